The summed E-state index contributed by atoms with van der Waals surface area (Å²) < 4.78 is 40.3. The summed E-state index contributed by atoms with van der Waals surface area (Å²) in [6.45, 7) is 0. The van der Waals surface area contributed by atoms with E-state index in [0.29, 0.717) is 5.56 Å². The molecular formula is C15H11F3N4. The minimum absolute atomic E-state index is 0.00743. The van der Waals surface area contributed by atoms with E-state index in [-0.39, 0.29) is 22.5 Å². The molecule has 0 saturated heterocycles. The smallest absolute Gasteiger partial charge is 0.372 e. The summed E-state index contributed by atoms with van der Waals surface area (Å²) in [6.07, 6.45) is -3.34. The van der Waals surface area contributed by atoms with Gasteiger partial charge in [0.2, 0.25) is 0 Å². The normalized spacial score (nSPS) is 11.6. The Kier molecular flexibility index (Phi) is 3.40. The van der Waals surface area contributed by atoms with Gasteiger partial charge in [-0.25, -0.2) is 15.0 Å². The molecule has 0 amide bonds. The van der Waals surface area contributed by atoms with Crippen LogP contribution in [0.4, 0.5) is 19.0 Å². The van der Waals surface area contributed by atoms with E-state index in [9.17, 15) is 13.2 Å². The quantitative estimate of drug-likeness (QED) is 0.783. The molecule has 0 aliphatic carbocycles. The Morgan fingerprint density at radius 1 is 1.05 bits per heavy atom. The highest BCUT2D eigenvalue weighted by atomic mass is 19.4. The second kappa shape index (κ2) is 5.25. The molecule has 22 heavy (non-hydrogen) atoms. The standard InChI is InChI=1S/C15H11F3N4/c1-19-13-12-10(15(16,17)18)7-11(9-5-3-2-4-6-9)22-14(12)21-8-20-13/h2-8H,1H3,(H,19,20,21,22). The van der Waals surface area contributed by atoms with E-state index in [4.69, 9.17) is 0 Å². The maximum atomic E-state index is 13.4. The van der Waals surface area contributed by atoms with E-state index in [0.717, 1.165) is 6.07 Å². The molecule has 1 aromatic carbocycles. The number of aromatic nitrogens is 3. The Labute approximate surface area is 124 Å². The largest absolute Gasteiger partial charge is 0.417 e. The minimum Gasteiger partial charge on any atom is -0.372 e. The van der Waals surface area contributed by atoms with Crippen molar-refractivity contribution in [2.75, 3.05) is 12.4 Å². The van der Waals surface area contributed by atoms with Crippen LogP contribution in [-0.2, 0) is 6.18 Å². The molecule has 0 atom stereocenters. The highest BCUT2D eigenvalue weighted by molar-refractivity contribution is 5.91. The number of anilines is 1. The molecule has 7 heteroatoms. The van der Waals surface area contributed by atoms with Gasteiger partial charge in [0.25, 0.3) is 0 Å². The number of halogens is 3. The van der Waals surface area contributed by atoms with Crippen LogP contribution in [0.1, 0.15) is 5.56 Å². The zero-order valence-corrected chi connectivity index (χ0v) is 11.5. The number of nitrogens with one attached hydrogen (secondary N) is 1. The van der Waals surface area contributed by atoms with Gasteiger partial charge in [-0.15, -0.1) is 0 Å². The Morgan fingerprint density at radius 3 is 2.41 bits per heavy atom. The first-order valence-corrected chi connectivity index (χ1v) is 6.47. The van der Waals surface area contributed by atoms with Crippen molar-refractivity contribution in [2.24, 2.45) is 0 Å². The highest BCUT2D eigenvalue weighted by Crippen LogP contribution is 2.38. The fourth-order valence-electron chi connectivity index (χ4n) is 2.23. The molecular weight excluding hydrogens is 293 g/mol. The topological polar surface area (TPSA) is 50.7 Å². The maximum absolute atomic E-state index is 13.4. The van der Waals surface area contributed by atoms with Crippen LogP contribution in [0, 0.1) is 0 Å². The molecule has 0 fully saturated rings. The number of nitrogens with zero attached hydrogens (tertiary/aromatic N) is 3. The predicted octanol–water partition coefficient (Wildman–Crippen LogP) is 3.75. The summed E-state index contributed by atoms with van der Waals surface area (Å²) in [4.78, 5) is 12.0. The number of alkyl halides is 3. The van der Waals surface area contributed by atoms with E-state index >= 15 is 0 Å². The lowest BCUT2D eigenvalue weighted by molar-refractivity contribution is -0.136. The molecule has 0 saturated carbocycles. The van der Waals surface area contributed by atoms with Gasteiger partial charge in [0.15, 0.2) is 5.65 Å². The Morgan fingerprint density at radius 2 is 1.77 bits per heavy atom. The first-order valence-electron chi connectivity index (χ1n) is 6.47. The summed E-state index contributed by atoms with van der Waals surface area (Å²) in [6, 6.07) is 9.71. The number of hydrogen-bond donors (Lipinski definition) is 1. The average molecular weight is 304 g/mol. The van der Waals surface area contributed by atoms with Crippen molar-refractivity contribution >= 4 is 16.9 Å². The summed E-state index contributed by atoms with van der Waals surface area (Å²) >= 11 is 0. The van der Waals surface area contributed by atoms with Gasteiger partial charge < -0.3 is 5.32 Å². The monoisotopic (exact) mass is 304 g/mol. The molecule has 3 rings (SSSR count). The third-order valence-corrected chi connectivity index (χ3v) is 3.22. The van der Waals surface area contributed by atoms with E-state index < -0.39 is 11.7 Å². The Hall–Kier alpha value is -2.70. The lowest BCUT2D eigenvalue weighted by atomic mass is 10.1. The number of rotatable bonds is 2. The van der Waals surface area contributed by atoms with Crippen LogP contribution >= 0.6 is 0 Å². The Bertz CT molecular complexity index is 816. The van der Waals surface area contributed by atoms with Gasteiger partial charge in [-0.3, -0.25) is 0 Å². The second-order valence-corrected chi connectivity index (χ2v) is 4.59. The van der Waals surface area contributed by atoms with Crippen molar-refractivity contribution in [2.45, 2.75) is 6.18 Å². The molecule has 4 nitrogen and oxygen atoms in total. The van der Waals surface area contributed by atoms with Crippen LogP contribution in [-0.4, -0.2) is 22.0 Å². The van der Waals surface area contributed by atoms with Crippen molar-refractivity contribution in [1.82, 2.24) is 15.0 Å². The van der Waals surface area contributed by atoms with Crippen molar-refractivity contribution in [3.05, 3.63) is 48.3 Å². The lowest BCUT2D eigenvalue weighted by Crippen LogP contribution is -2.10. The van der Waals surface area contributed by atoms with Gasteiger partial charge in [0.05, 0.1) is 16.6 Å². The molecule has 0 unspecified atom stereocenters. The van der Waals surface area contributed by atoms with E-state index in [1.165, 1.54) is 13.4 Å². The van der Waals surface area contributed by atoms with Crippen LogP contribution in [0.5, 0.6) is 0 Å². The number of fused-ring (bicyclic) bond motifs is 1. The maximum Gasteiger partial charge on any atom is 0.417 e. The van der Waals surface area contributed by atoms with Gasteiger partial charge in [0, 0.05) is 12.6 Å². The fourth-order valence-corrected chi connectivity index (χ4v) is 2.23. The molecule has 112 valence electrons. The minimum atomic E-state index is -4.53. The molecule has 1 N–H and O–H groups in total. The molecule has 2 heterocycles. The van der Waals surface area contributed by atoms with Crippen LogP contribution in [0.3, 0.4) is 0 Å². The highest BCUT2D eigenvalue weighted by Gasteiger charge is 2.35. The Balaban J connectivity index is 2.36. The van der Waals surface area contributed by atoms with Crippen molar-refractivity contribution in [3.8, 4) is 11.3 Å². The van der Waals surface area contributed by atoms with Crippen LogP contribution in [0.25, 0.3) is 22.3 Å². The third kappa shape index (κ3) is 2.45. The number of pyridine rings is 1. The van der Waals surface area contributed by atoms with Crippen LogP contribution in [0.2, 0.25) is 0 Å². The lowest BCUT2D eigenvalue weighted by Gasteiger charge is -2.14. The molecule has 3 aromatic rings. The van der Waals surface area contributed by atoms with Gasteiger partial charge in [0.1, 0.15) is 12.1 Å². The molecule has 2 aromatic heterocycles. The second-order valence-electron chi connectivity index (χ2n) is 4.59. The molecule has 0 aliphatic heterocycles. The van der Waals surface area contributed by atoms with Crippen molar-refractivity contribution in [1.29, 1.82) is 0 Å². The first-order chi connectivity index (χ1) is 10.5. The molecule has 0 spiro atoms. The molecule has 0 radical (unpaired) electrons. The van der Waals surface area contributed by atoms with Crippen LogP contribution < -0.4 is 5.32 Å². The van der Waals surface area contributed by atoms with E-state index in [1.54, 1.807) is 30.3 Å². The fraction of sp³-hybridized carbons (Fsp3) is 0.133. The SMILES string of the molecule is CNc1ncnc2nc(-c3ccccc3)cc(C(F)(F)F)c12. The van der Waals surface area contributed by atoms with Gasteiger partial charge in [-0.1, -0.05) is 30.3 Å². The van der Waals surface area contributed by atoms with Crippen molar-refractivity contribution in [3.63, 3.8) is 0 Å². The van der Waals surface area contributed by atoms with Crippen LogP contribution in [0.15, 0.2) is 42.7 Å². The van der Waals surface area contributed by atoms with Gasteiger partial charge >= 0.3 is 6.18 Å². The molecule has 0 aliphatic rings. The van der Waals surface area contributed by atoms with E-state index in [1.807, 2.05) is 0 Å². The molecule has 0 bridgehead atoms. The summed E-state index contributed by atoms with van der Waals surface area (Å²) in [7, 11) is 1.51. The van der Waals surface area contributed by atoms with Gasteiger partial charge in [-0.2, -0.15) is 13.2 Å². The predicted molar refractivity (Wildman–Crippen MR) is 77.3 cm³/mol. The third-order valence-electron chi connectivity index (χ3n) is 3.22. The number of benzene rings is 1. The van der Waals surface area contributed by atoms with Gasteiger partial charge in [-0.05, 0) is 6.07 Å². The van der Waals surface area contributed by atoms with Crippen molar-refractivity contribution < 1.29 is 13.2 Å². The summed E-state index contributed by atoms with van der Waals surface area (Å²) in [5, 5.41) is 2.52. The van der Waals surface area contributed by atoms with E-state index in [2.05, 4.69) is 20.3 Å². The zero-order valence-electron chi connectivity index (χ0n) is 11.5. The average Bonchev–Trinajstić information content (AvgIpc) is 2.53. The number of hydrogen-bond acceptors (Lipinski definition) is 4. The summed E-state index contributed by atoms with van der Waals surface area (Å²) in [5.74, 6) is 0.101. The summed E-state index contributed by atoms with van der Waals surface area (Å²) in [5.41, 5.74) is 0.0232. The first kappa shape index (κ1) is 14.2. The zero-order chi connectivity index (χ0) is 15.7.